The van der Waals surface area contributed by atoms with Gasteiger partial charge in [0.2, 0.25) is 0 Å². The number of amides is 1. The molecule has 0 aliphatic carbocycles. The minimum atomic E-state index is -0.401. The Labute approximate surface area is 98.9 Å². The number of halogens is 1. The van der Waals surface area contributed by atoms with Gasteiger partial charge in [0.25, 0.3) is 5.91 Å². The van der Waals surface area contributed by atoms with E-state index in [1.165, 1.54) is 18.2 Å². The van der Waals surface area contributed by atoms with Crippen molar-refractivity contribution in [3.05, 3.63) is 28.8 Å². The molecule has 16 heavy (non-hydrogen) atoms. The van der Waals surface area contributed by atoms with E-state index in [1.807, 2.05) is 6.92 Å². The van der Waals surface area contributed by atoms with Gasteiger partial charge in [-0.3, -0.25) is 4.79 Å². The predicted octanol–water partition coefficient (Wildman–Crippen LogP) is 1.55. The van der Waals surface area contributed by atoms with E-state index in [-0.39, 0.29) is 29.0 Å². The topological polar surface area (TPSA) is 69.6 Å². The summed E-state index contributed by atoms with van der Waals surface area (Å²) >= 11 is 5.83. The molecule has 0 bridgehead atoms. The lowest BCUT2D eigenvalue weighted by atomic mass is 10.1. The first kappa shape index (κ1) is 12.8. The molecule has 0 spiro atoms. The van der Waals surface area contributed by atoms with Crippen molar-refractivity contribution in [2.45, 2.75) is 19.4 Å². The van der Waals surface area contributed by atoms with Crippen LogP contribution in [0.5, 0.6) is 5.75 Å². The summed E-state index contributed by atoms with van der Waals surface area (Å²) in [7, 11) is 0. The highest BCUT2D eigenvalue weighted by Gasteiger charge is 2.14. The number of hydrogen-bond acceptors (Lipinski definition) is 3. The number of carbonyl (C=O) groups excluding carboxylic acids is 1. The lowest BCUT2D eigenvalue weighted by molar-refractivity contribution is 0.0914. The van der Waals surface area contributed by atoms with Crippen molar-refractivity contribution in [2.75, 3.05) is 6.61 Å². The third-order valence-electron chi connectivity index (χ3n) is 2.24. The summed E-state index contributed by atoms with van der Waals surface area (Å²) in [6.45, 7) is 1.73. The Morgan fingerprint density at radius 1 is 1.56 bits per heavy atom. The molecule has 4 nitrogen and oxygen atoms in total. The van der Waals surface area contributed by atoms with Crippen LogP contribution in [0.3, 0.4) is 0 Å². The smallest absolute Gasteiger partial charge is 0.253 e. The van der Waals surface area contributed by atoms with Gasteiger partial charge in [0, 0.05) is 0 Å². The fourth-order valence-electron chi connectivity index (χ4n) is 1.23. The first-order valence-corrected chi connectivity index (χ1v) is 5.36. The zero-order chi connectivity index (χ0) is 12.1. The van der Waals surface area contributed by atoms with Crippen LogP contribution < -0.4 is 5.32 Å². The molecule has 0 fully saturated rings. The van der Waals surface area contributed by atoms with E-state index in [9.17, 15) is 9.90 Å². The number of hydrogen-bond donors (Lipinski definition) is 3. The summed E-state index contributed by atoms with van der Waals surface area (Å²) in [6.07, 6.45) is 0.624. The average molecular weight is 244 g/mol. The number of aliphatic hydroxyl groups excluding tert-OH is 1. The zero-order valence-electron chi connectivity index (χ0n) is 8.90. The summed E-state index contributed by atoms with van der Waals surface area (Å²) in [5.74, 6) is -0.423. The van der Waals surface area contributed by atoms with Gasteiger partial charge in [0.15, 0.2) is 0 Å². The molecule has 0 heterocycles. The fourth-order valence-corrected chi connectivity index (χ4v) is 1.43. The van der Waals surface area contributed by atoms with E-state index in [1.54, 1.807) is 0 Å². The molecule has 0 radical (unpaired) electrons. The van der Waals surface area contributed by atoms with E-state index in [0.29, 0.717) is 6.42 Å². The lowest BCUT2D eigenvalue weighted by Gasteiger charge is -2.14. The Kier molecular flexibility index (Phi) is 4.58. The largest absolute Gasteiger partial charge is 0.508 e. The van der Waals surface area contributed by atoms with Crippen molar-refractivity contribution in [2.24, 2.45) is 0 Å². The molecule has 3 N–H and O–H groups in total. The Balaban J connectivity index is 2.83. The summed E-state index contributed by atoms with van der Waals surface area (Å²) in [5, 5.41) is 21.1. The predicted molar refractivity (Wildman–Crippen MR) is 61.7 cm³/mol. The zero-order valence-corrected chi connectivity index (χ0v) is 9.66. The van der Waals surface area contributed by atoms with Gasteiger partial charge in [0.05, 0.1) is 23.2 Å². The lowest BCUT2D eigenvalue weighted by Crippen LogP contribution is -2.37. The van der Waals surface area contributed by atoms with E-state index in [0.717, 1.165) is 0 Å². The van der Waals surface area contributed by atoms with Crippen molar-refractivity contribution in [3.63, 3.8) is 0 Å². The Hall–Kier alpha value is -1.26. The van der Waals surface area contributed by atoms with Gasteiger partial charge < -0.3 is 15.5 Å². The molecule has 0 unspecified atom stereocenters. The number of nitrogens with one attached hydrogen (secondary N) is 1. The molecule has 0 aliphatic heterocycles. The molecule has 1 aromatic carbocycles. The monoisotopic (exact) mass is 243 g/mol. The number of rotatable bonds is 4. The van der Waals surface area contributed by atoms with Crippen molar-refractivity contribution >= 4 is 17.5 Å². The van der Waals surface area contributed by atoms with Gasteiger partial charge in [-0.25, -0.2) is 0 Å². The molecule has 1 aromatic rings. The highest BCUT2D eigenvalue weighted by atomic mass is 35.5. The molecule has 88 valence electrons. The quantitative estimate of drug-likeness (QED) is 0.752. The number of phenols is 1. The maximum atomic E-state index is 11.7. The highest BCUT2D eigenvalue weighted by Crippen LogP contribution is 2.21. The van der Waals surface area contributed by atoms with E-state index < -0.39 is 5.91 Å². The molecule has 1 amide bonds. The molecule has 5 heteroatoms. The summed E-state index contributed by atoms with van der Waals surface area (Å²) < 4.78 is 0. The summed E-state index contributed by atoms with van der Waals surface area (Å²) in [5.41, 5.74) is 0.202. The van der Waals surface area contributed by atoms with Crippen LogP contribution in [-0.2, 0) is 0 Å². The highest BCUT2D eigenvalue weighted by molar-refractivity contribution is 6.33. The van der Waals surface area contributed by atoms with Gasteiger partial charge in [-0.15, -0.1) is 0 Å². The minimum absolute atomic E-state index is 0.0217. The van der Waals surface area contributed by atoms with Crippen molar-refractivity contribution < 1.29 is 15.0 Å². The van der Waals surface area contributed by atoms with Crippen LogP contribution in [0.2, 0.25) is 5.02 Å². The van der Waals surface area contributed by atoms with Gasteiger partial charge >= 0.3 is 0 Å². The maximum absolute atomic E-state index is 11.7. The Morgan fingerprint density at radius 2 is 2.25 bits per heavy atom. The van der Waals surface area contributed by atoms with Crippen LogP contribution in [0.4, 0.5) is 0 Å². The number of aromatic hydroxyl groups is 1. The van der Waals surface area contributed by atoms with Gasteiger partial charge in [-0.05, 0) is 24.6 Å². The van der Waals surface area contributed by atoms with Crippen molar-refractivity contribution in [1.29, 1.82) is 0 Å². The van der Waals surface area contributed by atoms with Crippen molar-refractivity contribution in [3.8, 4) is 5.75 Å². The average Bonchev–Trinajstić information content (AvgIpc) is 2.28. The van der Waals surface area contributed by atoms with Gasteiger partial charge in [-0.2, -0.15) is 0 Å². The van der Waals surface area contributed by atoms with E-state index in [4.69, 9.17) is 16.7 Å². The van der Waals surface area contributed by atoms with E-state index in [2.05, 4.69) is 5.32 Å². The minimum Gasteiger partial charge on any atom is -0.508 e. The van der Waals surface area contributed by atoms with Crippen LogP contribution in [0.15, 0.2) is 18.2 Å². The van der Waals surface area contributed by atoms with Crippen LogP contribution in [-0.4, -0.2) is 28.8 Å². The van der Waals surface area contributed by atoms with Crippen LogP contribution in [0.25, 0.3) is 0 Å². The van der Waals surface area contributed by atoms with Gasteiger partial charge in [-0.1, -0.05) is 18.5 Å². The van der Waals surface area contributed by atoms with Crippen molar-refractivity contribution in [1.82, 2.24) is 5.32 Å². The normalized spacial score (nSPS) is 12.2. The molecule has 0 saturated carbocycles. The second-order valence-electron chi connectivity index (χ2n) is 3.43. The molecule has 0 aromatic heterocycles. The third-order valence-corrected chi connectivity index (χ3v) is 2.57. The second-order valence-corrected chi connectivity index (χ2v) is 3.83. The Bertz CT molecular complexity index is 377. The first-order chi connectivity index (χ1) is 7.58. The number of aliphatic hydroxyl groups is 1. The van der Waals surface area contributed by atoms with Crippen LogP contribution >= 0.6 is 11.6 Å². The summed E-state index contributed by atoms with van der Waals surface area (Å²) in [6, 6.07) is 3.85. The number of phenolic OH excluding ortho intramolecular Hbond substituents is 1. The molecular weight excluding hydrogens is 230 g/mol. The van der Waals surface area contributed by atoms with Crippen LogP contribution in [0.1, 0.15) is 23.7 Å². The second kappa shape index (κ2) is 5.72. The molecular formula is C11H14ClNO3. The fraction of sp³-hybridized carbons (Fsp3) is 0.364. The summed E-state index contributed by atoms with van der Waals surface area (Å²) in [4.78, 5) is 11.7. The van der Waals surface area contributed by atoms with Crippen LogP contribution in [0, 0.1) is 0 Å². The molecule has 0 saturated heterocycles. The van der Waals surface area contributed by atoms with E-state index >= 15 is 0 Å². The standard InChI is InChI=1S/C11H14ClNO3/c1-2-7(6-14)13-11(16)9-5-8(15)3-4-10(9)12/h3-5,7,14-15H,2,6H2,1H3,(H,13,16)/t7-/m0/s1. The van der Waals surface area contributed by atoms with Gasteiger partial charge in [0.1, 0.15) is 5.75 Å². The SMILES string of the molecule is CC[C@@H](CO)NC(=O)c1cc(O)ccc1Cl. The third kappa shape index (κ3) is 3.12. The first-order valence-electron chi connectivity index (χ1n) is 4.98. The molecule has 0 aliphatic rings. The maximum Gasteiger partial charge on any atom is 0.253 e. The number of benzene rings is 1. The molecule has 1 rings (SSSR count). The Morgan fingerprint density at radius 3 is 2.81 bits per heavy atom. The number of carbonyl (C=O) groups is 1. The molecule has 1 atom stereocenters.